The Hall–Kier alpha value is -0.460. The minimum Gasteiger partial charge on any atom is -0.0999 e. The molecule has 1 aromatic rings. The topological polar surface area (TPSA) is 0 Å². The van der Waals surface area contributed by atoms with Crippen LogP contribution < -0.4 is 0 Å². The van der Waals surface area contributed by atoms with E-state index < -0.39 is 0 Å². The first-order valence-electron chi connectivity index (χ1n) is 5.28. The van der Waals surface area contributed by atoms with Crippen molar-refractivity contribution in [2.75, 3.05) is 0 Å². The van der Waals surface area contributed by atoms with Crippen LogP contribution in [0, 0.1) is 0 Å². The molecule has 0 N–H and O–H groups in total. The number of benzene rings is 1. The van der Waals surface area contributed by atoms with Gasteiger partial charge in [0.25, 0.3) is 0 Å². The van der Waals surface area contributed by atoms with Crippen molar-refractivity contribution in [1.29, 1.82) is 0 Å². The maximum Gasteiger partial charge on any atom is 0.0423 e. The second-order valence-electron chi connectivity index (χ2n) is 4.23. The first-order chi connectivity index (χ1) is 7.15. The maximum absolute atomic E-state index is 6.00. The first-order valence-corrected chi connectivity index (χ1v) is 6.03. The summed E-state index contributed by atoms with van der Waals surface area (Å²) in [6.45, 7) is 4.03. The van der Waals surface area contributed by atoms with Crippen molar-refractivity contribution in [2.45, 2.75) is 31.6 Å². The first kappa shape index (κ1) is 11.0. The lowest BCUT2D eigenvalue weighted by molar-refractivity contribution is 0.518. The van der Waals surface area contributed by atoms with Gasteiger partial charge in [0, 0.05) is 10.0 Å². The average Bonchev–Trinajstić information content (AvgIpc) is 2.17. The fourth-order valence-electron chi connectivity index (χ4n) is 2.17. The minimum atomic E-state index is 0.603. The largest absolute Gasteiger partial charge is 0.0999 e. The third kappa shape index (κ3) is 2.76. The molecule has 15 heavy (non-hydrogen) atoms. The van der Waals surface area contributed by atoms with Crippen molar-refractivity contribution in [3.63, 3.8) is 0 Å². The molecular formula is C13H14Cl2. The SMILES string of the molecule is C=C1CCC(c2cc(Cl)cc(Cl)c2)CC1. The van der Waals surface area contributed by atoms with Crippen LogP contribution >= 0.6 is 23.2 Å². The van der Waals surface area contributed by atoms with E-state index in [9.17, 15) is 0 Å². The molecule has 1 saturated carbocycles. The van der Waals surface area contributed by atoms with Gasteiger partial charge in [-0.2, -0.15) is 0 Å². The van der Waals surface area contributed by atoms with E-state index >= 15 is 0 Å². The van der Waals surface area contributed by atoms with Crippen molar-refractivity contribution in [3.05, 3.63) is 46.0 Å². The summed E-state index contributed by atoms with van der Waals surface area (Å²) in [6.07, 6.45) is 4.62. The third-order valence-corrected chi connectivity index (χ3v) is 3.49. The fraction of sp³-hybridized carbons (Fsp3) is 0.385. The highest BCUT2D eigenvalue weighted by Gasteiger charge is 2.17. The monoisotopic (exact) mass is 240 g/mol. The molecule has 0 bridgehead atoms. The quantitative estimate of drug-likeness (QED) is 0.592. The molecule has 1 aliphatic rings. The van der Waals surface area contributed by atoms with Crippen LogP contribution in [0.5, 0.6) is 0 Å². The van der Waals surface area contributed by atoms with E-state index in [1.54, 1.807) is 6.07 Å². The van der Waals surface area contributed by atoms with Gasteiger partial charge in [-0.05, 0) is 55.4 Å². The smallest absolute Gasteiger partial charge is 0.0423 e. The molecule has 0 nitrogen and oxygen atoms in total. The lowest BCUT2D eigenvalue weighted by atomic mass is 9.82. The molecule has 2 rings (SSSR count). The molecule has 0 spiro atoms. The molecule has 0 amide bonds. The van der Waals surface area contributed by atoms with Gasteiger partial charge in [0.15, 0.2) is 0 Å². The van der Waals surface area contributed by atoms with Crippen LogP contribution in [0.2, 0.25) is 10.0 Å². The Kier molecular flexibility index (Phi) is 3.38. The standard InChI is InChI=1S/C13H14Cl2/c1-9-2-4-10(5-3-9)11-6-12(14)8-13(15)7-11/h6-8,10H,1-5H2. The van der Waals surface area contributed by atoms with E-state index in [2.05, 4.69) is 6.58 Å². The zero-order valence-corrected chi connectivity index (χ0v) is 10.1. The van der Waals surface area contributed by atoms with E-state index in [1.165, 1.54) is 24.0 Å². The fourth-order valence-corrected chi connectivity index (χ4v) is 2.71. The second kappa shape index (κ2) is 4.59. The summed E-state index contributed by atoms with van der Waals surface area (Å²) < 4.78 is 0. The predicted octanol–water partition coefficient (Wildman–Crippen LogP) is 5.21. The molecule has 2 heteroatoms. The summed E-state index contributed by atoms with van der Waals surface area (Å²) >= 11 is 12.0. The lowest BCUT2D eigenvalue weighted by Crippen LogP contribution is -2.05. The molecule has 0 saturated heterocycles. The maximum atomic E-state index is 6.00. The van der Waals surface area contributed by atoms with Crippen LogP contribution in [0.25, 0.3) is 0 Å². The highest BCUT2D eigenvalue weighted by molar-refractivity contribution is 6.34. The molecule has 0 heterocycles. The normalized spacial score (nSPS) is 18.1. The van der Waals surface area contributed by atoms with Crippen LogP contribution in [-0.4, -0.2) is 0 Å². The summed E-state index contributed by atoms with van der Waals surface area (Å²) in [5.74, 6) is 0.603. The van der Waals surface area contributed by atoms with Gasteiger partial charge in [0.05, 0.1) is 0 Å². The number of rotatable bonds is 1. The lowest BCUT2D eigenvalue weighted by Gasteiger charge is -2.23. The number of allylic oxidation sites excluding steroid dienone is 1. The van der Waals surface area contributed by atoms with Crippen LogP contribution in [-0.2, 0) is 0 Å². The van der Waals surface area contributed by atoms with Gasteiger partial charge in [-0.1, -0.05) is 35.4 Å². The van der Waals surface area contributed by atoms with Gasteiger partial charge in [-0.15, -0.1) is 0 Å². The van der Waals surface area contributed by atoms with E-state index in [4.69, 9.17) is 23.2 Å². The van der Waals surface area contributed by atoms with Crippen molar-refractivity contribution >= 4 is 23.2 Å². The molecule has 1 fully saturated rings. The Morgan fingerprint density at radius 2 is 1.53 bits per heavy atom. The molecular weight excluding hydrogens is 227 g/mol. The zero-order valence-electron chi connectivity index (χ0n) is 8.60. The van der Waals surface area contributed by atoms with Gasteiger partial charge in [-0.25, -0.2) is 0 Å². The van der Waals surface area contributed by atoms with Crippen LogP contribution in [0.4, 0.5) is 0 Å². The summed E-state index contributed by atoms with van der Waals surface area (Å²) in [5, 5.41) is 1.48. The second-order valence-corrected chi connectivity index (χ2v) is 5.10. The highest BCUT2D eigenvalue weighted by Crippen LogP contribution is 2.36. The van der Waals surface area contributed by atoms with Gasteiger partial charge in [0.1, 0.15) is 0 Å². The van der Waals surface area contributed by atoms with Crippen molar-refractivity contribution in [1.82, 2.24) is 0 Å². The third-order valence-electron chi connectivity index (χ3n) is 3.05. The Morgan fingerprint density at radius 1 is 1.00 bits per heavy atom. The van der Waals surface area contributed by atoms with Gasteiger partial charge >= 0.3 is 0 Å². The van der Waals surface area contributed by atoms with Crippen LogP contribution in [0.1, 0.15) is 37.2 Å². The van der Waals surface area contributed by atoms with E-state index in [1.807, 2.05) is 12.1 Å². The minimum absolute atomic E-state index is 0.603. The number of hydrogen-bond acceptors (Lipinski definition) is 0. The Balaban J connectivity index is 2.18. The van der Waals surface area contributed by atoms with Gasteiger partial charge < -0.3 is 0 Å². The summed E-state index contributed by atoms with van der Waals surface area (Å²) in [7, 11) is 0. The number of halogens is 2. The van der Waals surface area contributed by atoms with Gasteiger partial charge in [-0.3, -0.25) is 0 Å². The predicted molar refractivity (Wildman–Crippen MR) is 66.8 cm³/mol. The van der Waals surface area contributed by atoms with Gasteiger partial charge in [0.2, 0.25) is 0 Å². The van der Waals surface area contributed by atoms with Crippen molar-refractivity contribution in [3.8, 4) is 0 Å². The highest BCUT2D eigenvalue weighted by atomic mass is 35.5. The van der Waals surface area contributed by atoms with Crippen molar-refractivity contribution < 1.29 is 0 Å². The Bertz CT molecular complexity index is 352. The van der Waals surface area contributed by atoms with E-state index in [0.717, 1.165) is 22.9 Å². The molecule has 1 aromatic carbocycles. The average molecular weight is 241 g/mol. The molecule has 0 atom stereocenters. The van der Waals surface area contributed by atoms with Crippen LogP contribution in [0.3, 0.4) is 0 Å². The van der Waals surface area contributed by atoms with Crippen LogP contribution in [0.15, 0.2) is 30.4 Å². The molecule has 0 unspecified atom stereocenters. The molecule has 0 aliphatic heterocycles. The Labute approximate surface area is 101 Å². The zero-order chi connectivity index (χ0) is 10.8. The summed E-state index contributed by atoms with van der Waals surface area (Å²) in [5.41, 5.74) is 2.65. The molecule has 80 valence electrons. The molecule has 1 aliphatic carbocycles. The summed E-state index contributed by atoms with van der Waals surface area (Å²) in [6, 6.07) is 5.85. The summed E-state index contributed by atoms with van der Waals surface area (Å²) in [4.78, 5) is 0. The molecule has 0 aromatic heterocycles. The van der Waals surface area contributed by atoms with E-state index in [0.29, 0.717) is 5.92 Å². The van der Waals surface area contributed by atoms with Crippen molar-refractivity contribution in [2.24, 2.45) is 0 Å². The molecule has 0 radical (unpaired) electrons. The van der Waals surface area contributed by atoms with E-state index in [-0.39, 0.29) is 0 Å². The number of hydrogen-bond donors (Lipinski definition) is 0. The Morgan fingerprint density at radius 3 is 2.07 bits per heavy atom.